The summed E-state index contributed by atoms with van der Waals surface area (Å²) in [5, 5.41) is 2.41. The van der Waals surface area contributed by atoms with E-state index in [2.05, 4.69) is 5.32 Å². The Labute approximate surface area is 206 Å². The fourth-order valence-corrected chi connectivity index (χ4v) is 4.80. The molecule has 7 nitrogen and oxygen atoms in total. The van der Waals surface area contributed by atoms with Gasteiger partial charge in [0.25, 0.3) is 5.91 Å². The number of nitrogens with one attached hydrogen (secondary N) is 1. The molecule has 0 aliphatic carbocycles. The Hall–Kier alpha value is -3.85. The lowest BCUT2D eigenvalue weighted by molar-refractivity contribution is -0.118. The summed E-state index contributed by atoms with van der Waals surface area (Å²) in [6.45, 7) is 1.23. The van der Waals surface area contributed by atoms with Crippen molar-refractivity contribution in [3.05, 3.63) is 83.7 Å². The lowest BCUT2D eigenvalue weighted by atomic mass is 10.1. The largest absolute Gasteiger partial charge is 0.493 e. The van der Waals surface area contributed by atoms with Gasteiger partial charge in [0.15, 0.2) is 23.9 Å². The van der Waals surface area contributed by atoms with Crippen LogP contribution in [0.15, 0.2) is 66.7 Å². The van der Waals surface area contributed by atoms with Gasteiger partial charge < -0.3 is 14.8 Å². The average Bonchev–Trinajstić information content (AvgIpc) is 3.24. The van der Waals surface area contributed by atoms with E-state index in [0.29, 0.717) is 34.2 Å². The topological polar surface area (TPSA) is 84.9 Å². The lowest BCUT2D eigenvalue weighted by Gasteiger charge is -2.25. The van der Waals surface area contributed by atoms with Crippen LogP contribution in [0, 0.1) is 5.82 Å². The summed E-state index contributed by atoms with van der Waals surface area (Å²) >= 11 is 1.46. The standard InChI is InChI=1S/C26H23FN2O5S/c1-16(30)17-3-8-20(9-4-17)28-24(31)14-34-22-12-5-18(13-23(22)33-2)26-29(25(32)15-35-26)21-10-6-19(27)7-11-21/h3-13,26H,14-15H2,1-2H3,(H,28,31). The van der Waals surface area contributed by atoms with Crippen LogP contribution < -0.4 is 19.7 Å². The number of amides is 2. The van der Waals surface area contributed by atoms with Crippen molar-refractivity contribution in [2.45, 2.75) is 12.3 Å². The number of halogens is 1. The fraction of sp³-hybridized carbons (Fsp3) is 0.192. The molecule has 3 aromatic rings. The molecule has 1 aliphatic rings. The number of benzene rings is 3. The molecule has 4 rings (SSSR count). The summed E-state index contributed by atoms with van der Waals surface area (Å²) in [7, 11) is 1.49. The molecule has 2 amide bonds. The highest BCUT2D eigenvalue weighted by Gasteiger charge is 2.34. The van der Waals surface area contributed by atoms with E-state index in [1.807, 2.05) is 6.07 Å². The highest BCUT2D eigenvalue weighted by Crippen LogP contribution is 2.43. The summed E-state index contributed by atoms with van der Waals surface area (Å²) < 4.78 is 24.5. The van der Waals surface area contributed by atoms with E-state index in [1.54, 1.807) is 53.4 Å². The quantitative estimate of drug-likeness (QED) is 0.452. The maximum atomic E-state index is 13.4. The number of hydrogen-bond acceptors (Lipinski definition) is 6. The van der Waals surface area contributed by atoms with Gasteiger partial charge in [0.05, 0.1) is 12.9 Å². The molecule has 1 saturated heterocycles. The first-order valence-corrected chi connectivity index (χ1v) is 11.8. The average molecular weight is 495 g/mol. The van der Waals surface area contributed by atoms with Gasteiger partial charge in [-0.15, -0.1) is 11.8 Å². The second-order valence-electron chi connectivity index (χ2n) is 7.78. The molecule has 0 spiro atoms. The maximum absolute atomic E-state index is 13.4. The fourth-order valence-electron chi connectivity index (χ4n) is 3.64. The number of methoxy groups -OCH3 is 1. The van der Waals surface area contributed by atoms with Crippen LogP contribution in [0.1, 0.15) is 28.2 Å². The Balaban J connectivity index is 1.44. The van der Waals surface area contributed by atoms with Crippen LogP contribution in [-0.2, 0) is 9.59 Å². The number of ketones is 1. The Kier molecular flexibility index (Phi) is 7.36. The summed E-state index contributed by atoms with van der Waals surface area (Å²) in [4.78, 5) is 37.9. The number of ether oxygens (including phenoxy) is 2. The maximum Gasteiger partial charge on any atom is 0.262 e. The Bertz CT molecular complexity index is 1250. The lowest BCUT2D eigenvalue weighted by Crippen LogP contribution is -2.27. The summed E-state index contributed by atoms with van der Waals surface area (Å²) in [5.74, 6) is 0.231. The van der Waals surface area contributed by atoms with Crippen molar-refractivity contribution < 1.29 is 28.2 Å². The van der Waals surface area contributed by atoms with Crippen molar-refractivity contribution in [3.8, 4) is 11.5 Å². The molecule has 1 fully saturated rings. The van der Waals surface area contributed by atoms with E-state index in [4.69, 9.17) is 9.47 Å². The van der Waals surface area contributed by atoms with Crippen LogP contribution in [-0.4, -0.2) is 37.1 Å². The van der Waals surface area contributed by atoms with Gasteiger partial charge in [-0.3, -0.25) is 19.3 Å². The zero-order valence-electron chi connectivity index (χ0n) is 19.1. The van der Waals surface area contributed by atoms with E-state index in [1.165, 1.54) is 37.9 Å². The summed E-state index contributed by atoms with van der Waals surface area (Å²) in [6, 6.07) is 17.6. The number of Topliss-reactive ketones (excluding diaryl/α,β-unsaturated/α-hetero) is 1. The van der Waals surface area contributed by atoms with Gasteiger partial charge in [0, 0.05) is 16.9 Å². The third-order valence-electron chi connectivity index (χ3n) is 5.38. The number of rotatable bonds is 8. The number of thioether (sulfide) groups is 1. The van der Waals surface area contributed by atoms with Gasteiger partial charge >= 0.3 is 0 Å². The monoisotopic (exact) mass is 494 g/mol. The van der Waals surface area contributed by atoms with E-state index in [0.717, 1.165) is 5.56 Å². The molecule has 1 N–H and O–H groups in total. The second-order valence-corrected chi connectivity index (χ2v) is 8.85. The molecule has 180 valence electrons. The normalized spacial score (nSPS) is 15.1. The van der Waals surface area contributed by atoms with Crippen molar-refractivity contribution in [2.24, 2.45) is 0 Å². The zero-order chi connectivity index (χ0) is 24.9. The number of anilines is 2. The molecule has 0 saturated carbocycles. The molecule has 3 aromatic carbocycles. The highest BCUT2D eigenvalue weighted by atomic mass is 32.2. The molecule has 9 heteroatoms. The predicted molar refractivity (Wildman–Crippen MR) is 133 cm³/mol. The summed E-state index contributed by atoms with van der Waals surface area (Å²) in [6.07, 6.45) is 0. The Morgan fingerprint density at radius 2 is 1.77 bits per heavy atom. The van der Waals surface area contributed by atoms with Crippen LogP contribution in [0.25, 0.3) is 0 Å². The minimum Gasteiger partial charge on any atom is -0.493 e. The van der Waals surface area contributed by atoms with Crippen LogP contribution in [0.4, 0.5) is 15.8 Å². The van der Waals surface area contributed by atoms with E-state index in [-0.39, 0.29) is 35.4 Å². The minimum absolute atomic E-state index is 0.0529. The third-order valence-corrected chi connectivity index (χ3v) is 6.59. The van der Waals surface area contributed by atoms with Crippen LogP contribution in [0.3, 0.4) is 0 Å². The van der Waals surface area contributed by atoms with Crippen LogP contribution in [0.2, 0.25) is 0 Å². The minimum atomic E-state index is -0.370. The van der Waals surface area contributed by atoms with Crippen molar-refractivity contribution in [2.75, 3.05) is 29.7 Å². The Morgan fingerprint density at radius 3 is 2.43 bits per heavy atom. The Morgan fingerprint density at radius 1 is 1.06 bits per heavy atom. The van der Waals surface area contributed by atoms with Gasteiger partial charge in [-0.05, 0) is 73.2 Å². The number of nitrogens with zero attached hydrogens (tertiary/aromatic N) is 1. The highest BCUT2D eigenvalue weighted by molar-refractivity contribution is 8.00. The van der Waals surface area contributed by atoms with E-state index < -0.39 is 0 Å². The van der Waals surface area contributed by atoms with Crippen molar-refractivity contribution >= 4 is 40.7 Å². The van der Waals surface area contributed by atoms with Crippen molar-refractivity contribution in [1.29, 1.82) is 0 Å². The summed E-state index contributed by atoms with van der Waals surface area (Å²) in [5.41, 5.74) is 2.53. The molecule has 1 heterocycles. The van der Waals surface area contributed by atoms with Gasteiger partial charge in [0.2, 0.25) is 5.91 Å². The smallest absolute Gasteiger partial charge is 0.262 e. The van der Waals surface area contributed by atoms with Crippen molar-refractivity contribution in [3.63, 3.8) is 0 Å². The molecule has 35 heavy (non-hydrogen) atoms. The van der Waals surface area contributed by atoms with Gasteiger partial charge in [-0.1, -0.05) is 6.07 Å². The molecule has 0 bridgehead atoms. The van der Waals surface area contributed by atoms with E-state index >= 15 is 0 Å². The zero-order valence-corrected chi connectivity index (χ0v) is 19.9. The molecule has 0 aromatic heterocycles. The number of carbonyl (C=O) groups excluding carboxylic acids is 3. The first kappa shape index (κ1) is 24.3. The number of carbonyl (C=O) groups is 3. The second kappa shape index (κ2) is 10.6. The first-order chi connectivity index (χ1) is 16.9. The molecule has 0 radical (unpaired) electrons. The molecule has 1 atom stereocenters. The van der Waals surface area contributed by atoms with Crippen molar-refractivity contribution in [1.82, 2.24) is 0 Å². The SMILES string of the molecule is COc1cc(C2SCC(=O)N2c2ccc(F)cc2)ccc1OCC(=O)Nc1ccc(C(C)=O)cc1. The molecule has 1 aliphatic heterocycles. The molecule has 1 unspecified atom stereocenters. The van der Waals surface area contributed by atoms with Gasteiger partial charge in [0.1, 0.15) is 11.2 Å². The van der Waals surface area contributed by atoms with Crippen LogP contribution in [0.5, 0.6) is 11.5 Å². The predicted octanol–water partition coefficient (Wildman–Crippen LogP) is 4.83. The first-order valence-electron chi connectivity index (χ1n) is 10.8. The molecular formula is C26H23FN2O5S. The van der Waals surface area contributed by atoms with Gasteiger partial charge in [-0.2, -0.15) is 0 Å². The molecular weight excluding hydrogens is 471 g/mol. The number of hydrogen-bond donors (Lipinski definition) is 1. The van der Waals surface area contributed by atoms with Gasteiger partial charge in [-0.25, -0.2) is 4.39 Å². The van der Waals surface area contributed by atoms with Crippen LogP contribution >= 0.6 is 11.8 Å². The third kappa shape index (κ3) is 5.63. The van der Waals surface area contributed by atoms with E-state index in [9.17, 15) is 18.8 Å².